The van der Waals surface area contributed by atoms with E-state index in [1.807, 2.05) is 4.90 Å². The molecule has 3 rings (SSSR count). The molecule has 6 heteroatoms. The minimum Gasteiger partial charge on any atom is -0.341 e. The van der Waals surface area contributed by atoms with E-state index in [2.05, 4.69) is 33.9 Å². The topological polar surface area (TPSA) is 63.1 Å². The van der Waals surface area contributed by atoms with Gasteiger partial charge in [0.25, 0.3) is 0 Å². The van der Waals surface area contributed by atoms with Crippen molar-refractivity contribution in [1.82, 2.24) is 25.0 Å². The Kier molecular flexibility index (Phi) is 4.24. The fourth-order valence-electron chi connectivity index (χ4n) is 3.45. The summed E-state index contributed by atoms with van der Waals surface area (Å²) >= 11 is 0. The maximum atomic E-state index is 12.6. The average Bonchev–Trinajstić information content (AvgIpc) is 3.17. The lowest BCUT2D eigenvalue weighted by Gasteiger charge is -2.34. The zero-order valence-corrected chi connectivity index (χ0v) is 13.0. The van der Waals surface area contributed by atoms with Gasteiger partial charge in [0.1, 0.15) is 12.2 Å². The molecule has 1 N–H and O–H groups in total. The van der Waals surface area contributed by atoms with Crippen LogP contribution in [0.25, 0.3) is 0 Å². The van der Waals surface area contributed by atoms with Crippen molar-refractivity contribution in [2.45, 2.75) is 57.5 Å². The Bertz CT molecular complexity index is 492. The number of hydrogen-bond donors (Lipinski definition) is 1. The van der Waals surface area contributed by atoms with Crippen LogP contribution in [0.5, 0.6) is 0 Å². The number of nitrogens with zero attached hydrogens (tertiary/aromatic N) is 4. The molecule has 116 valence electrons. The van der Waals surface area contributed by atoms with Gasteiger partial charge in [-0.2, -0.15) is 0 Å². The highest BCUT2D eigenvalue weighted by Crippen LogP contribution is 2.27. The summed E-state index contributed by atoms with van der Waals surface area (Å²) < 4.78 is 2.13. The Morgan fingerprint density at radius 3 is 2.95 bits per heavy atom. The summed E-state index contributed by atoms with van der Waals surface area (Å²) in [5.41, 5.74) is 0. The molecule has 0 unspecified atom stereocenters. The largest absolute Gasteiger partial charge is 0.341 e. The highest BCUT2D eigenvalue weighted by Gasteiger charge is 2.32. The van der Waals surface area contributed by atoms with Gasteiger partial charge in [0.05, 0.1) is 6.04 Å². The van der Waals surface area contributed by atoms with E-state index >= 15 is 0 Å². The van der Waals surface area contributed by atoms with Gasteiger partial charge in [0, 0.05) is 25.0 Å². The molecule has 1 amide bonds. The SMILES string of the molecule is CC(C)n1cnnc1[C@H]1CCCN(C(=O)[C@H]2CCCN2)C1. The van der Waals surface area contributed by atoms with E-state index < -0.39 is 0 Å². The number of rotatable bonds is 3. The van der Waals surface area contributed by atoms with Crippen LogP contribution in [-0.2, 0) is 4.79 Å². The van der Waals surface area contributed by atoms with E-state index in [1.165, 1.54) is 0 Å². The van der Waals surface area contributed by atoms with Gasteiger partial charge in [-0.15, -0.1) is 10.2 Å². The second-order valence-corrected chi connectivity index (χ2v) is 6.46. The number of amides is 1. The molecule has 3 heterocycles. The molecule has 0 spiro atoms. The van der Waals surface area contributed by atoms with Gasteiger partial charge >= 0.3 is 0 Å². The Labute approximate surface area is 125 Å². The maximum Gasteiger partial charge on any atom is 0.239 e. The Morgan fingerprint density at radius 2 is 2.24 bits per heavy atom. The van der Waals surface area contributed by atoms with Crippen LogP contribution in [0.1, 0.15) is 57.3 Å². The van der Waals surface area contributed by atoms with Gasteiger partial charge in [-0.3, -0.25) is 4.79 Å². The molecular weight excluding hydrogens is 266 g/mol. The molecule has 2 atom stereocenters. The van der Waals surface area contributed by atoms with Crippen molar-refractivity contribution in [3.63, 3.8) is 0 Å². The highest BCUT2D eigenvalue weighted by molar-refractivity contribution is 5.82. The lowest BCUT2D eigenvalue weighted by molar-refractivity contribution is -0.134. The summed E-state index contributed by atoms with van der Waals surface area (Å²) in [6, 6.07) is 0.393. The first-order valence-electron chi connectivity index (χ1n) is 8.08. The second-order valence-electron chi connectivity index (χ2n) is 6.46. The molecular formula is C15H25N5O. The molecule has 2 fully saturated rings. The zero-order chi connectivity index (χ0) is 14.8. The quantitative estimate of drug-likeness (QED) is 0.912. The summed E-state index contributed by atoms with van der Waals surface area (Å²) in [4.78, 5) is 14.6. The Morgan fingerprint density at radius 1 is 1.38 bits per heavy atom. The van der Waals surface area contributed by atoms with Crippen molar-refractivity contribution >= 4 is 5.91 Å². The fraction of sp³-hybridized carbons (Fsp3) is 0.800. The first-order chi connectivity index (χ1) is 10.2. The summed E-state index contributed by atoms with van der Waals surface area (Å²) in [7, 11) is 0. The fourth-order valence-corrected chi connectivity index (χ4v) is 3.45. The Hall–Kier alpha value is -1.43. The highest BCUT2D eigenvalue weighted by atomic mass is 16.2. The summed E-state index contributed by atoms with van der Waals surface area (Å²) in [6.07, 6.45) is 6.03. The molecule has 2 aliphatic heterocycles. The molecule has 21 heavy (non-hydrogen) atoms. The van der Waals surface area contributed by atoms with Gasteiger partial charge in [-0.1, -0.05) is 0 Å². The third-order valence-corrected chi connectivity index (χ3v) is 4.61. The monoisotopic (exact) mass is 291 g/mol. The number of carbonyl (C=O) groups excluding carboxylic acids is 1. The normalized spacial score (nSPS) is 26.5. The number of likely N-dealkylation sites (tertiary alicyclic amines) is 1. The predicted molar refractivity (Wildman–Crippen MR) is 80.0 cm³/mol. The van der Waals surface area contributed by atoms with E-state index in [1.54, 1.807) is 6.33 Å². The second kappa shape index (κ2) is 6.13. The van der Waals surface area contributed by atoms with Crippen LogP contribution in [0, 0.1) is 0 Å². The number of nitrogens with one attached hydrogen (secondary N) is 1. The van der Waals surface area contributed by atoms with E-state index in [-0.39, 0.29) is 11.9 Å². The van der Waals surface area contributed by atoms with Crippen molar-refractivity contribution in [3.8, 4) is 0 Å². The molecule has 0 radical (unpaired) electrons. The van der Waals surface area contributed by atoms with E-state index in [4.69, 9.17) is 0 Å². The number of piperidine rings is 1. The van der Waals surface area contributed by atoms with Crippen LogP contribution < -0.4 is 5.32 Å². The first-order valence-corrected chi connectivity index (χ1v) is 8.08. The van der Waals surface area contributed by atoms with Crippen LogP contribution >= 0.6 is 0 Å². The van der Waals surface area contributed by atoms with Crippen molar-refractivity contribution in [2.24, 2.45) is 0 Å². The van der Waals surface area contributed by atoms with Crippen molar-refractivity contribution in [1.29, 1.82) is 0 Å². The third kappa shape index (κ3) is 2.95. The zero-order valence-electron chi connectivity index (χ0n) is 13.0. The number of aromatic nitrogens is 3. The third-order valence-electron chi connectivity index (χ3n) is 4.61. The lowest BCUT2D eigenvalue weighted by atomic mass is 9.96. The maximum absolute atomic E-state index is 12.6. The van der Waals surface area contributed by atoms with Crippen LogP contribution in [0.4, 0.5) is 0 Å². The predicted octanol–water partition coefficient (Wildman–Crippen LogP) is 1.32. The molecule has 2 aliphatic rings. The standard InChI is InChI=1S/C15H25N5O/c1-11(2)20-10-17-18-14(20)12-5-4-8-19(9-12)15(21)13-6-3-7-16-13/h10-13,16H,3-9H2,1-2H3/t12-,13+/m0/s1. The van der Waals surface area contributed by atoms with Crippen molar-refractivity contribution in [2.75, 3.05) is 19.6 Å². The number of carbonyl (C=O) groups is 1. The van der Waals surface area contributed by atoms with Gasteiger partial charge in [-0.25, -0.2) is 0 Å². The smallest absolute Gasteiger partial charge is 0.239 e. The van der Waals surface area contributed by atoms with Gasteiger partial charge in [0.15, 0.2) is 0 Å². The van der Waals surface area contributed by atoms with Crippen molar-refractivity contribution in [3.05, 3.63) is 12.2 Å². The van der Waals surface area contributed by atoms with Gasteiger partial charge < -0.3 is 14.8 Å². The first kappa shape index (κ1) is 14.5. The van der Waals surface area contributed by atoms with Crippen LogP contribution in [0.3, 0.4) is 0 Å². The van der Waals surface area contributed by atoms with E-state index in [0.717, 1.165) is 51.1 Å². The summed E-state index contributed by atoms with van der Waals surface area (Å²) in [5, 5.41) is 11.7. The molecule has 1 aromatic heterocycles. The molecule has 0 saturated carbocycles. The molecule has 6 nitrogen and oxygen atoms in total. The van der Waals surface area contributed by atoms with E-state index in [9.17, 15) is 4.79 Å². The molecule has 0 aromatic carbocycles. The van der Waals surface area contributed by atoms with Gasteiger partial charge in [0.2, 0.25) is 5.91 Å². The van der Waals surface area contributed by atoms with E-state index in [0.29, 0.717) is 12.0 Å². The minimum atomic E-state index is 0.0340. The minimum absolute atomic E-state index is 0.0340. The Balaban J connectivity index is 1.70. The molecule has 0 aliphatic carbocycles. The van der Waals surface area contributed by atoms with Crippen molar-refractivity contribution < 1.29 is 4.79 Å². The molecule has 0 bridgehead atoms. The summed E-state index contributed by atoms with van der Waals surface area (Å²) in [6.45, 7) is 6.91. The average molecular weight is 291 g/mol. The van der Waals surface area contributed by atoms with Crippen LogP contribution in [0.2, 0.25) is 0 Å². The van der Waals surface area contributed by atoms with Crippen LogP contribution in [-0.4, -0.2) is 51.2 Å². The van der Waals surface area contributed by atoms with Crippen LogP contribution in [0.15, 0.2) is 6.33 Å². The molecule has 1 aromatic rings. The lowest BCUT2D eigenvalue weighted by Crippen LogP contribution is -2.47. The van der Waals surface area contributed by atoms with Gasteiger partial charge in [-0.05, 0) is 46.1 Å². The number of hydrogen-bond acceptors (Lipinski definition) is 4. The molecule has 2 saturated heterocycles. The summed E-state index contributed by atoms with van der Waals surface area (Å²) in [5.74, 6) is 1.61.